The van der Waals surface area contributed by atoms with Crippen molar-refractivity contribution in [3.8, 4) is 23.2 Å². The third-order valence-electron chi connectivity index (χ3n) is 3.62. The van der Waals surface area contributed by atoms with Gasteiger partial charge < -0.3 is 0 Å². The zero-order chi connectivity index (χ0) is 16.4. The molecule has 24 heavy (non-hydrogen) atoms. The summed E-state index contributed by atoms with van der Waals surface area (Å²) in [5.74, 6) is 6.58. The molecule has 0 aliphatic heterocycles. The average Bonchev–Trinajstić information content (AvgIpc) is 3.00. The second kappa shape index (κ2) is 5.98. The first-order chi connectivity index (χ1) is 11.8. The van der Waals surface area contributed by atoms with E-state index in [0.717, 1.165) is 16.9 Å². The number of aromatic nitrogens is 3. The highest BCUT2D eigenvalue weighted by Crippen LogP contribution is 2.22. The predicted molar refractivity (Wildman–Crippen MR) is 90.8 cm³/mol. The Kier molecular flexibility index (Phi) is 3.53. The van der Waals surface area contributed by atoms with Crippen LogP contribution in [-0.2, 0) is 0 Å². The minimum atomic E-state index is -0.269. The first-order valence-electron chi connectivity index (χ1n) is 7.47. The van der Waals surface area contributed by atoms with Crippen LogP contribution in [0.1, 0.15) is 11.4 Å². The molecule has 1 aromatic carbocycles. The van der Waals surface area contributed by atoms with Gasteiger partial charge in [-0.15, -0.1) is 0 Å². The molecule has 0 N–H and O–H groups in total. The normalized spacial score (nSPS) is 10.4. The Morgan fingerprint density at radius 1 is 0.875 bits per heavy atom. The number of hydrogen-bond acceptors (Lipinski definition) is 2. The van der Waals surface area contributed by atoms with E-state index in [4.69, 9.17) is 0 Å². The quantitative estimate of drug-likeness (QED) is 0.498. The van der Waals surface area contributed by atoms with Gasteiger partial charge in [-0.1, -0.05) is 12.1 Å². The molecule has 3 aromatic heterocycles. The number of nitrogens with zero attached hydrogens (tertiary/aromatic N) is 3. The van der Waals surface area contributed by atoms with Crippen molar-refractivity contribution in [2.45, 2.75) is 0 Å². The highest BCUT2D eigenvalue weighted by Gasteiger charge is 2.10. The molecule has 0 bridgehead atoms. The molecule has 0 aliphatic carbocycles. The SMILES string of the molecule is Fc1ccc(-c2nc(C#Cc3ccccn3)c3ccccn23)cc1. The van der Waals surface area contributed by atoms with Crippen LogP contribution in [0, 0.1) is 17.7 Å². The number of fused-ring (bicyclic) bond motifs is 1. The van der Waals surface area contributed by atoms with Gasteiger partial charge in [-0.05, 0) is 60.4 Å². The zero-order valence-electron chi connectivity index (χ0n) is 12.6. The van der Waals surface area contributed by atoms with Crippen LogP contribution in [0.2, 0.25) is 0 Å². The maximum absolute atomic E-state index is 13.2. The van der Waals surface area contributed by atoms with Gasteiger partial charge in [-0.25, -0.2) is 14.4 Å². The molecule has 114 valence electrons. The van der Waals surface area contributed by atoms with E-state index in [-0.39, 0.29) is 5.82 Å². The Bertz CT molecular complexity index is 1050. The average molecular weight is 313 g/mol. The van der Waals surface area contributed by atoms with Crippen molar-refractivity contribution in [2.24, 2.45) is 0 Å². The fourth-order valence-electron chi connectivity index (χ4n) is 2.49. The highest BCUT2D eigenvalue weighted by molar-refractivity contribution is 5.69. The Labute approximate surface area is 138 Å². The molecule has 0 saturated carbocycles. The fourth-order valence-corrected chi connectivity index (χ4v) is 2.49. The van der Waals surface area contributed by atoms with Crippen molar-refractivity contribution in [1.82, 2.24) is 14.4 Å². The molecule has 0 amide bonds. The summed E-state index contributed by atoms with van der Waals surface area (Å²) in [5.41, 5.74) is 3.10. The first kappa shape index (κ1) is 14.2. The third-order valence-corrected chi connectivity index (χ3v) is 3.62. The lowest BCUT2D eigenvalue weighted by molar-refractivity contribution is 0.628. The largest absolute Gasteiger partial charge is 0.298 e. The van der Waals surface area contributed by atoms with E-state index in [9.17, 15) is 4.39 Å². The molecule has 3 nitrogen and oxygen atoms in total. The Morgan fingerprint density at radius 3 is 2.50 bits per heavy atom. The molecule has 0 aliphatic rings. The fraction of sp³-hybridized carbons (Fsp3) is 0. The number of pyridine rings is 2. The topological polar surface area (TPSA) is 30.2 Å². The molecule has 0 fully saturated rings. The molecular weight excluding hydrogens is 301 g/mol. The summed E-state index contributed by atoms with van der Waals surface area (Å²) < 4.78 is 15.1. The minimum Gasteiger partial charge on any atom is -0.298 e. The van der Waals surface area contributed by atoms with Gasteiger partial charge in [0.1, 0.15) is 23.0 Å². The summed E-state index contributed by atoms with van der Waals surface area (Å²) in [6.45, 7) is 0. The molecule has 0 atom stereocenters. The Balaban J connectivity index is 1.86. The molecule has 0 spiro atoms. The van der Waals surface area contributed by atoms with Gasteiger partial charge in [-0.3, -0.25) is 4.40 Å². The van der Waals surface area contributed by atoms with E-state index >= 15 is 0 Å². The summed E-state index contributed by atoms with van der Waals surface area (Å²) in [5, 5.41) is 0. The van der Waals surface area contributed by atoms with Gasteiger partial charge in [0.05, 0.1) is 5.52 Å². The van der Waals surface area contributed by atoms with E-state index in [1.807, 2.05) is 47.0 Å². The van der Waals surface area contributed by atoms with Crippen molar-refractivity contribution in [3.05, 3.63) is 90.3 Å². The monoisotopic (exact) mass is 313 g/mol. The van der Waals surface area contributed by atoms with Crippen LogP contribution in [0.25, 0.3) is 16.9 Å². The maximum atomic E-state index is 13.2. The lowest BCUT2D eigenvalue weighted by Gasteiger charge is -2.00. The van der Waals surface area contributed by atoms with Gasteiger partial charge >= 0.3 is 0 Å². The third kappa shape index (κ3) is 2.64. The van der Waals surface area contributed by atoms with Crippen molar-refractivity contribution in [1.29, 1.82) is 0 Å². The lowest BCUT2D eigenvalue weighted by Crippen LogP contribution is -1.88. The second-order valence-electron chi connectivity index (χ2n) is 5.21. The first-order valence-corrected chi connectivity index (χ1v) is 7.47. The number of imidazole rings is 1. The molecule has 4 rings (SSSR count). The number of benzene rings is 1. The molecule has 0 unspecified atom stereocenters. The van der Waals surface area contributed by atoms with Crippen LogP contribution in [0.4, 0.5) is 4.39 Å². The van der Waals surface area contributed by atoms with E-state index < -0.39 is 0 Å². The summed E-state index contributed by atoms with van der Waals surface area (Å²) in [6, 6.07) is 17.7. The lowest BCUT2D eigenvalue weighted by atomic mass is 10.2. The van der Waals surface area contributed by atoms with Crippen molar-refractivity contribution >= 4 is 5.52 Å². The van der Waals surface area contributed by atoms with E-state index in [1.54, 1.807) is 18.3 Å². The van der Waals surface area contributed by atoms with Crippen LogP contribution < -0.4 is 0 Å². The molecule has 3 heterocycles. The summed E-state index contributed by atoms with van der Waals surface area (Å²) in [4.78, 5) is 8.84. The van der Waals surface area contributed by atoms with Gasteiger partial charge in [0.25, 0.3) is 0 Å². The Morgan fingerprint density at radius 2 is 1.71 bits per heavy atom. The van der Waals surface area contributed by atoms with Crippen LogP contribution >= 0.6 is 0 Å². The maximum Gasteiger partial charge on any atom is 0.146 e. The number of halogens is 1. The van der Waals surface area contributed by atoms with Crippen LogP contribution in [0.3, 0.4) is 0 Å². The zero-order valence-corrected chi connectivity index (χ0v) is 12.6. The smallest absolute Gasteiger partial charge is 0.146 e. The number of hydrogen-bond donors (Lipinski definition) is 0. The molecule has 4 aromatic rings. The van der Waals surface area contributed by atoms with E-state index in [0.29, 0.717) is 11.4 Å². The van der Waals surface area contributed by atoms with Gasteiger partial charge in [0, 0.05) is 18.0 Å². The van der Waals surface area contributed by atoms with Gasteiger partial charge in [0.2, 0.25) is 0 Å². The molecule has 0 radical (unpaired) electrons. The molecular formula is C20H12FN3. The van der Waals surface area contributed by atoms with Crippen LogP contribution in [0.15, 0.2) is 73.1 Å². The van der Waals surface area contributed by atoms with E-state index in [1.165, 1.54) is 12.1 Å². The van der Waals surface area contributed by atoms with Crippen LogP contribution in [0.5, 0.6) is 0 Å². The second-order valence-corrected chi connectivity index (χ2v) is 5.21. The highest BCUT2D eigenvalue weighted by atomic mass is 19.1. The standard InChI is InChI=1S/C20H12FN3/c21-16-9-7-15(8-10-16)20-23-18(19-6-2-4-14-24(19)20)12-11-17-5-1-3-13-22-17/h1-10,13-14H. The van der Waals surface area contributed by atoms with Crippen molar-refractivity contribution in [2.75, 3.05) is 0 Å². The van der Waals surface area contributed by atoms with Crippen LogP contribution in [-0.4, -0.2) is 14.4 Å². The molecule has 4 heteroatoms. The summed E-state index contributed by atoms with van der Waals surface area (Å²) in [6.07, 6.45) is 3.63. The van der Waals surface area contributed by atoms with Gasteiger partial charge in [-0.2, -0.15) is 0 Å². The van der Waals surface area contributed by atoms with E-state index in [2.05, 4.69) is 21.8 Å². The number of rotatable bonds is 1. The van der Waals surface area contributed by atoms with Gasteiger partial charge in [0.15, 0.2) is 0 Å². The minimum absolute atomic E-state index is 0.269. The predicted octanol–water partition coefficient (Wildman–Crippen LogP) is 3.94. The van der Waals surface area contributed by atoms with Crippen molar-refractivity contribution < 1.29 is 4.39 Å². The van der Waals surface area contributed by atoms with Crippen molar-refractivity contribution in [3.63, 3.8) is 0 Å². The molecule has 0 saturated heterocycles. The summed E-state index contributed by atoms with van der Waals surface area (Å²) in [7, 11) is 0. The summed E-state index contributed by atoms with van der Waals surface area (Å²) >= 11 is 0. The Hall–Kier alpha value is -3.45.